The number of rotatable bonds is 8. The first kappa shape index (κ1) is 23.2. The Morgan fingerprint density at radius 1 is 0.938 bits per heavy atom. The highest BCUT2D eigenvalue weighted by atomic mass is 16.2. The summed E-state index contributed by atoms with van der Waals surface area (Å²) in [5.41, 5.74) is 3.06. The molecule has 0 unspecified atom stereocenters. The van der Waals surface area contributed by atoms with Gasteiger partial charge in [-0.2, -0.15) is 0 Å². The SMILES string of the molecule is CCCNC(=O)CN(CCC)C(=O)c1ccc2c(c1)C(=O)N(c1cc(C)ccc1C)C2=O. The van der Waals surface area contributed by atoms with Crippen LogP contribution in [0.1, 0.15) is 68.9 Å². The molecule has 7 nitrogen and oxygen atoms in total. The van der Waals surface area contributed by atoms with Crippen LogP contribution >= 0.6 is 0 Å². The third kappa shape index (κ3) is 4.56. The van der Waals surface area contributed by atoms with Gasteiger partial charge in [-0.25, -0.2) is 4.90 Å². The van der Waals surface area contributed by atoms with E-state index >= 15 is 0 Å². The van der Waals surface area contributed by atoms with Crippen molar-refractivity contribution in [2.75, 3.05) is 24.5 Å². The number of hydrogen-bond donors (Lipinski definition) is 1. The molecule has 1 N–H and O–H groups in total. The fourth-order valence-corrected chi connectivity index (χ4v) is 3.75. The fourth-order valence-electron chi connectivity index (χ4n) is 3.75. The van der Waals surface area contributed by atoms with Crippen molar-refractivity contribution in [3.8, 4) is 0 Å². The molecule has 0 spiro atoms. The minimum atomic E-state index is -0.448. The van der Waals surface area contributed by atoms with Crippen LogP contribution in [0, 0.1) is 13.8 Å². The van der Waals surface area contributed by atoms with Gasteiger partial charge in [0.2, 0.25) is 5.91 Å². The first-order chi connectivity index (χ1) is 15.3. The van der Waals surface area contributed by atoms with Gasteiger partial charge in [0.15, 0.2) is 0 Å². The summed E-state index contributed by atoms with van der Waals surface area (Å²) < 4.78 is 0. The molecule has 0 atom stereocenters. The van der Waals surface area contributed by atoms with Crippen LogP contribution in [0.15, 0.2) is 36.4 Å². The number of carbonyl (C=O) groups excluding carboxylic acids is 4. The van der Waals surface area contributed by atoms with Crippen molar-refractivity contribution >= 4 is 29.3 Å². The standard InChI is InChI=1S/C25H29N3O4/c1-5-11-26-22(29)15-27(12-6-2)23(30)18-9-10-19-20(14-18)25(32)28(24(19)31)21-13-16(3)7-8-17(21)4/h7-10,13-14H,5-6,11-12,15H2,1-4H3,(H,26,29). The van der Waals surface area contributed by atoms with E-state index in [1.54, 1.807) is 12.1 Å². The van der Waals surface area contributed by atoms with Crippen molar-refractivity contribution in [3.05, 3.63) is 64.2 Å². The average molecular weight is 436 g/mol. The Kier molecular flexibility index (Phi) is 7.08. The largest absolute Gasteiger partial charge is 0.355 e. The number of aryl methyl sites for hydroxylation is 2. The van der Waals surface area contributed by atoms with Gasteiger partial charge in [0, 0.05) is 18.7 Å². The second kappa shape index (κ2) is 9.77. The van der Waals surface area contributed by atoms with Crippen LogP contribution in [-0.4, -0.2) is 48.2 Å². The lowest BCUT2D eigenvalue weighted by molar-refractivity contribution is -0.121. The summed E-state index contributed by atoms with van der Waals surface area (Å²) in [6.07, 6.45) is 1.50. The van der Waals surface area contributed by atoms with Gasteiger partial charge in [0.25, 0.3) is 17.7 Å². The van der Waals surface area contributed by atoms with E-state index in [1.807, 2.05) is 39.8 Å². The van der Waals surface area contributed by atoms with E-state index in [4.69, 9.17) is 0 Å². The number of imide groups is 1. The molecule has 4 amide bonds. The highest BCUT2D eigenvalue weighted by Crippen LogP contribution is 2.32. The Bertz CT molecular complexity index is 1080. The topological polar surface area (TPSA) is 86.8 Å². The Morgan fingerprint density at radius 3 is 2.34 bits per heavy atom. The molecular weight excluding hydrogens is 406 g/mol. The Labute approximate surface area is 188 Å². The van der Waals surface area contributed by atoms with Crippen LogP contribution in [0.25, 0.3) is 0 Å². The normalized spacial score (nSPS) is 12.7. The highest BCUT2D eigenvalue weighted by molar-refractivity contribution is 6.35. The summed E-state index contributed by atoms with van der Waals surface area (Å²) in [6.45, 7) is 8.55. The number of carbonyl (C=O) groups is 4. The molecule has 1 heterocycles. The molecule has 7 heteroatoms. The maximum atomic E-state index is 13.2. The Hall–Kier alpha value is -3.48. The molecule has 0 radical (unpaired) electrons. The summed E-state index contributed by atoms with van der Waals surface area (Å²) in [4.78, 5) is 54.1. The predicted molar refractivity (Wildman–Crippen MR) is 123 cm³/mol. The highest BCUT2D eigenvalue weighted by Gasteiger charge is 2.38. The molecule has 3 rings (SSSR count). The van der Waals surface area contributed by atoms with Crippen molar-refractivity contribution in [1.82, 2.24) is 10.2 Å². The number of amides is 4. The van der Waals surface area contributed by atoms with Crippen LogP contribution in [-0.2, 0) is 4.79 Å². The van der Waals surface area contributed by atoms with Crippen LogP contribution < -0.4 is 10.2 Å². The van der Waals surface area contributed by atoms with Crippen molar-refractivity contribution in [2.45, 2.75) is 40.5 Å². The first-order valence-electron chi connectivity index (χ1n) is 10.9. The number of nitrogens with zero attached hydrogens (tertiary/aromatic N) is 2. The third-order valence-corrected chi connectivity index (χ3v) is 5.43. The molecule has 0 bridgehead atoms. The van der Waals surface area contributed by atoms with Gasteiger partial charge in [0.1, 0.15) is 0 Å². The maximum Gasteiger partial charge on any atom is 0.266 e. The van der Waals surface area contributed by atoms with E-state index in [2.05, 4.69) is 5.32 Å². The second-order valence-electron chi connectivity index (χ2n) is 8.07. The van der Waals surface area contributed by atoms with E-state index in [0.717, 1.165) is 17.5 Å². The second-order valence-corrected chi connectivity index (χ2v) is 8.07. The molecule has 2 aromatic carbocycles. The third-order valence-electron chi connectivity index (χ3n) is 5.43. The summed E-state index contributed by atoms with van der Waals surface area (Å²) in [5.74, 6) is -1.41. The van der Waals surface area contributed by atoms with Crippen molar-refractivity contribution < 1.29 is 19.2 Å². The molecular formula is C25H29N3O4. The van der Waals surface area contributed by atoms with Crippen LogP contribution in [0.4, 0.5) is 5.69 Å². The summed E-state index contributed by atoms with van der Waals surface area (Å²) in [5, 5.41) is 2.78. The Morgan fingerprint density at radius 2 is 1.66 bits per heavy atom. The lowest BCUT2D eigenvalue weighted by Crippen LogP contribution is -2.41. The number of hydrogen-bond acceptors (Lipinski definition) is 4. The van der Waals surface area contributed by atoms with Crippen molar-refractivity contribution in [1.29, 1.82) is 0 Å². The zero-order chi connectivity index (χ0) is 23.4. The smallest absolute Gasteiger partial charge is 0.266 e. The molecule has 0 aromatic heterocycles. The predicted octanol–water partition coefficient (Wildman–Crippen LogP) is 3.48. The molecule has 0 saturated heterocycles. The number of anilines is 1. The molecule has 2 aromatic rings. The van der Waals surface area contributed by atoms with Crippen LogP contribution in [0.2, 0.25) is 0 Å². The lowest BCUT2D eigenvalue weighted by atomic mass is 10.0. The number of nitrogens with one attached hydrogen (secondary N) is 1. The van der Waals surface area contributed by atoms with Crippen LogP contribution in [0.5, 0.6) is 0 Å². The van der Waals surface area contributed by atoms with Gasteiger partial charge in [0.05, 0.1) is 23.4 Å². The fraction of sp³-hybridized carbons (Fsp3) is 0.360. The van der Waals surface area contributed by atoms with Crippen molar-refractivity contribution in [2.24, 2.45) is 0 Å². The summed E-state index contributed by atoms with van der Waals surface area (Å²) in [7, 11) is 0. The van der Waals surface area contributed by atoms with Gasteiger partial charge in [-0.05, 0) is 62.1 Å². The molecule has 0 saturated carbocycles. The van der Waals surface area contributed by atoms with Crippen molar-refractivity contribution in [3.63, 3.8) is 0 Å². The van der Waals surface area contributed by atoms with E-state index < -0.39 is 11.8 Å². The van der Waals surface area contributed by atoms with Gasteiger partial charge in [-0.3, -0.25) is 19.2 Å². The number of fused-ring (bicyclic) bond motifs is 1. The van der Waals surface area contributed by atoms with Gasteiger partial charge >= 0.3 is 0 Å². The molecule has 0 aliphatic carbocycles. The van der Waals surface area contributed by atoms with E-state index in [9.17, 15) is 19.2 Å². The maximum absolute atomic E-state index is 13.2. The molecule has 1 aliphatic heterocycles. The summed E-state index contributed by atoms with van der Waals surface area (Å²) in [6, 6.07) is 10.1. The monoisotopic (exact) mass is 435 g/mol. The molecule has 1 aliphatic rings. The average Bonchev–Trinajstić information content (AvgIpc) is 3.02. The van der Waals surface area contributed by atoms with Crippen LogP contribution in [0.3, 0.4) is 0 Å². The molecule has 0 fully saturated rings. The molecule has 168 valence electrons. The van der Waals surface area contributed by atoms with E-state index in [0.29, 0.717) is 25.2 Å². The van der Waals surface area contributed by atoms with Gasteiger partial charge < -0.3 is 10.2 Å². The number of benzene rings is 2. The first-order valence-corrected chi connectivity index (χ1v) is 10.9. The summed E-state index contributed by atoms with van der Waals surface area (Å²) >= 11 is 0. The quantitative estimate of drug-likeness (QED) is 0.643. The van der Waals surface area contributed by atoms with Gasteiger partial charge in [-0.15, -0.1) is 0 Å². The minimum Gasteiger partial charge on any atom is -0.355 e. The lowest BCUT2D eigenvalue weighted by Gasteiger charge is -2.22. The zero-order valence-electron chi connectivity index (χ0n) is 19.0. The van der Waals surface area contributed by atoms with E-state index in [1.165, 1.54) is 21.9 Å². The van der Waals surface area contributed by atoms with E-state index in [-0.39, 0.29) is 35.0 Å². The van der Waals surface area contributed by atoms with Gasteiger partial charge in [-0.1, -0.05) is 26.0 Å². The minimum absolute atomic E-state index is 0.0504. The molecule has 32 heavy (non-hydrogen) atoms. The Balaban J connectivity index is 1.89. The zero-order valence-corrected chi connectivity index (χ0v) is 19.0.